The molecule has 146 valence electrons. The lowest BCUT2D eigenvalue weighted by molar-refractivity contribution is 0.663. The van der Waals surface area contributed by atoms with Gasteiger partial charge in [0.2, 0.25) is 0 Å². The first-order chi connectivity index (χ1) is 15.3. The van der Waals surface area contributed by atoms with Crippen molar-refractivity contribution in [2.24, 2.45) is 0 Å². The zero-order valence-electron chi connectivity index (χ0n) is 16.4. The van der Waals surface area contributed by atoms with E-state index in [9.17, 15) is 0 Å². The standard InChI is InChI=1S/C28H15ClO2/c29-18-9-11-20-16(14-18)4-3-6-19(20)17-8-10-22-26(15-17)31-25-13-12-24-27(28(22)25)21-5-1-2-7-23(21)30-24/h1-15H. The molecule has 7 aromatic rings. The topological polar surface area (TPSA) is 26.3 Å². The quantitative estimate of drug-likeness (QED) is 0.266. The van der Waals surface area contributed by atoms with Gasteiger partial charge in [0.05, 0.1) is 0 Å². The van der Waals surface area contributed by atoms with Crippen molar-refractivity contribution in [2.75, 3.05) is 0 Å². The van der Waals surface area contributed by atoms with Gasteiger partial charge in [-0.3, -0.25) is 0 Å². The van der Waals surface area contributed by atoms with Crippen LogP contribution >= 0.6 is 11.6 Å². The Morgan fingerprint density at radius 2 is 1.26 bits per heavy atom. The van der Waals surface area contributed by atoms with Crippen molar-refractivity contribution in [2.45, 2.75) is 0 Å². The molecule has 2 nitrogen and oxygen atoms in total. The van der Waals surface area contributed by atoms with E-state index in [1.807, 2.05) is 42.5 Å². The molecule has 0 spiro atoms. The van der Waals surface area contributed by atoms with Gasteiger partial charge in [-0.15, -0.1) is 0 Å². The fraction of sp³-hybridized carbons (Fsp3) is 0. The number of halogens is 1. The maximum atomic E-state index is 6.31. The highest BCUT2D eigenvalue weighted by atomic mass is 35.5. The number of hydrogen-bond acceptors (Lipinski definition) is 2. The van der Waals surface area contributed by atoms with Crippen LogP contribution in [0.5, 0.6) is 0 Å². The van der Waals surface area contributed by atoms with Gasteiger partial charge in [-0.05, 0) is 64.4 Å². The number of furan rings is 2. The first kappa shape index (κ1) is 17.0. The minimum Gasteiger partial charge on any atom is -0.456 e. The van der Waals surface area contributed by atoms with Crippen LogP contribution in [0, 0.1) is 0 Å². The van der Waals surface area contributed by atoms with Crippen LogP contribution < -0.4 is 0 Å². The van der Waals surface area contributed by atoms with Gasteiger partial charge in [0.1, 0.15) is 22.3 Å². The van der Waals surface area contributed by atoms with Gasteiger partial charge in [0, 0.05) is 26.6 Å². The molecule has 7 rings (SSSR count). The molecule has 0 bridgehead atoms. The molecule has 0 N–H and O–H groups in total. The lowest BCUT2D eigenvalue weighted by Crippen LogP contribution is -1.81. The first-order valence-corrected chi connectivity index (χ1v) is 10.6. The second kappa shape index (κ2) is 6.13. The second-order valence-electron chi connectivity index (χ2n) is 7.89. The first-order valence-electron chi connectivity index (χ1n) is 10.2. The molecule has 0 saturated heterocycles. The summed E-state index contributed by atoms with van der Waals surface area (Å²) in [4.78, 5) is 0. The summed E-state index contributed by atoms with van der Waals surface area (Å²) >= 11 is 6.20. The van der Waals surface area contributed by atoms with E-state index in [0.29, 0.717) is 0 Å². The van der Waals surface area contributed by atoms with Crippen LogP contribution in [0.1, 0.15) is 0 Å². The number of benzene rings is 5. The monoisotopic (exact) mass is 418 g/mol. The van der Waals surface area contributed by atoms with Crippen LogP contribution in [0.15, 0.2) is 99.8 Å². The van der Waals surface area contributed by atoms with Crippen molar-refractivity contribution in [1.29, 1.82) is 0 Å². The largest absolute Gasteiger partial charge is 0.456 e. The second-order valence-corrected chi connectivity index (χ2v) is 8.33. The molecule has 0 radical (unpaired) electrons. The Morgan fingerprint density at radius 3 is 2.13 bits per heavy atom. The molecule has 0 saturated carbocycles. The Kier molecular flexibility index (Phi) is 3.36. The van der Waals surface area contributed by atoms with Crippen molar-refractivity contribution in [3.8, 4) is 11.1 Å². The highest BCUT2D eigenvalue weighted by Gasteiger charge is 2.16. The molecule has 0 fully saturated rings. The van der Waals surface area contributed by atoms with E-state index in [1.165, 1.54) is 5.39 Å². The van der Waals surface area contributed by atoms with Gasteiger partial charge < -0.3 is 8.83 Å². The normalized spacial score (nSPS) is 12.0. The van der Waals surface area contributed by atoms with Gasteiger partial charge in [-0.2, -0.15) is 0 Å². The molecule has 5 aromatic carbocycles. The molecule has 0 aliphatic heterocycles. The van der Waals surface area contributed by atoms with Crippen LogP contribution in [0.2, 0.25) is 5.02 Å². The fourth-order valence-corrected chi connectivity index (χ4v) is 4.94. The molecule has 2 heterocycles. The van der Waals surface area contributed by atoms with Gasteiger partial charge in [0.15, 0.2) is 0 Å². The molecule has 0 atom stereocenters. The van der Waals surface area contributed by atoms with Gasteiger partial charge in [0.25, 0.3) is 0 Å². The Balaban J connectivity index is 1.54. The lowest BCUT2D eigenvalue weighted by Gasteiger charge is -2.07. The van der Waals surface area contributed by atoms with Crippen molar-refractivity contribution in [3.63, 3.8) is 0 Å². The maximum Gasteiger partial charge on any atom is 0.136 e. The van der Waals surface area contributed by atoms with E-state index in [0.717, 1.165) is 65.4 Å². The van der Waals surface area contributed by atoms with Gasteiger partial charge in [-0.1, -0.05) is 60.1 Å². The number of rotatable bonds is 1. The Morgan fingerprint density at radius 1 is 0.516 bits per heavy atom. The summed E-state index contributed by atoms with van der Waals surface area (Å²) in [5.41, 5.74) is 5.80. The predicted octanol–water partition coefficient (Wildman–Crippen LogP) is 8.96. The number of fused-ring (bicyclic) bond motifs is 8. The van der Waals surface area contributed by atoms with E-state index < -0.39 is 0 Å². The fourth-order valence-electron chi connectivity index (χ4n) is 4.76. The van der Waals surface area contributed by atoms with E-state index in [-0.39, 0.29) is 0 Å². The lowest BCUT2D eigenvalue weighted by atomic mass is 9.97. The van der Waals surface area contributed by atoms with Crippen LogP contribution in [0.4, 0.5) is 0 Å². The van der Waals surface area contributed by atoms with Crippen molar-refractivity contribution in [3.05, 3.63) is 96.0 Å². The highest BCUT2D eigenvalue weighted by molar-refractivity contribution is 6.31. The number of hydrogen-bond donors (Lipinski definition) is 0. The van der Waals surface area contributed by atoms with E-state index in [2.05, 4.69) is 48.5 Å². The maximum absolute atomic E-state index is 6.31. The predicted molar refractivity (Wildman–Crippen MR) is 129 cm³/mol. The SMILES string of the molecule is Clc1ccc2c(-c3ccc4c(c3)oc3ccc5oc6ccccc6c5c34)cccc2c1. The summed E-state index contributed by atoms with van der Waals surface area (Å²) in [6.07, 6.45) is 0. The van der Waals surface area contributed by atoms with Crippen molar-refractivity contribution < 1.29 is 8.83 Å². The van der Waals surface area contributed by atoms with Crippen LogP contribution in [-0.2, 0) is 0 Å². The molecule has 0 aliphatic carbocycles. The van der Waals surface area contributed by atoms with Gasteiger partial charge >= 0.3 is 0 Å². The van der Waals surface area contributed by atoms with Crippen molar-refractivity contribution in [1.82, 2.24) is 0 Å². The van der Waals surface area contributed by atoms with E-state index in [4.69, 9.17) is 20.4 Å². The van der Waals surface area contributed by atoms with Crippen LogP contribution in [0.3, 0.4) is 0 Å². The Bertz CT molecular complexity index is 1800. The van der Waals surface area contributed by atoms with Crippen LogP contribution in [0.25, 0.3) is 65.8 Å². The van der Waals surface area contributed by atoms with Crippen molar-refractivity contribution >= 4 is 66.3 Å². The molecule has 3 heteroatoms. The van der Waals surface area contributed by atoms with E-state index in [1.54, 1.807) is 0 Å². The average molecular weight is 419 g/mol. The molecule has 0 aliphatic rings. The summed E-state index contributed by atoms with van der Waals surface area (Å²) in [5, 5.41) is 7.47. The number of para-hydroxylation sites is 1. The Labute approximate surface area is 182 Å². The summed E-state index contributed by atoms with van der Waals surface area (Å²) < 4.78 is 12.4. The summed E-state index contributed by atoms with van der Waals surface area (Å²) in [6.45, 7) is 0. The third-order valence-electron chi connectivity index (χ3n) is 6.13. The molecule has 0 amide bonds. The smallest absolute Gasteiger partial charge is 0.136 e. The molecule has 31 heavy (non-hydrogen) atoms. The average Bonchev–Trinajstić information content (AvgIpc) is 3.35. The summed E-state index contributed by atoms with van der Waals surface area (Å²) in [6, 6.07) is 30.9. The minimum atomic E-state index is 0.744. The van der Waals surface area contributed by atoms with Gasteiger partial charge in [-0.25, -0.2) is 0 Å². The molecule has 0 unspecified atom stereocenters. The van der Waals surface area contributed by atoms with E-state index >= 15 is 0 Å². The molecular weight excluding hydrogens is 404 g/mol. The summed E-state index contributed by atoms with van der Waals surface area (Å²) in [5.74, 6) is 0. The third kappa shape index (κ3) is 2.40. The zero-order chi connectivity index (χ0) is 20.5. The zero-order valence-corrected chi connectivity index (χ0v) is 17.1. The van der Waals surface area contributed by atoms with Crippen LogP contribution in [-0.4, -0.2) is 0 Å². The summed E-state index contributed by atoms with van der Waals surface area (Å²) in [7, 11) is 0. The third-order valence-corrected chi connectivity index (χ3v) is 6.36. The Hall–Kier alpha value is -3.75. The minimum absolute atomic E-state index is 0.744. The molecular formula is C28H15ClO2. The molecule has 2 aromatic heterocycles. The highest BCUT2D eigenvalue weighted by Crippen LogP contribution is 2.41.